The Kier molecular flexibility index (Phi) is 3.43. The molecule has 2 aliphatic rings. The van der Waals surface area contributed by atoms with E-state index in [1.165, 1.54) is 4.90 Å². The minimum atomic E-state index is -0.742. The van der Waals surface area contributed by atoms with E-state index in [4.69, 9.17) is 5.73 Å². The topological polar surface area (TPSA) is 116 Å². The predicted molar refractivity (Wildman–Crippen MR) is 63.9 cm³/mol. The van der Waals surface area contributed by atoms with E-state index < -0.39 is 24.0 Å². The van der Waals surface area contributed by atoms with E-state index in [9.17, 15) is 19.6 Å². The fourth-order valence-electron chi connectivity index (χ4n) is 2.36. The van der Waals surface area contributed by atoms with Crippen LogP contribution in [0.4, 0.5) is 4.79 Å². The van der Waals surface area contributed by atoms with Crippen LogP contribution in [0, 0.1) is 0 Å². The first kappa shape index (κ1) is 13.3. The van der Waals surface area contributed by atoms with Crippen LogP contribution < -0.4 is 11.1 Å². The fourth-order valence-corrected chi connectivity index (χ4v) is 2.36. The van der Waals surface area contributed by atoms with Crippen LogP contribution in [0.2, 0.25) is 0 Å². The monoisotopic (exact) mass is 268 g/mol. The Morgan fingerprint density at radius 1 is 1.58 bits per heavy atom. The number of nitrogens with one attached hydrogen (secondary N) is 1. The van der Waals surface area contributed by atoms with Gasteiger partial charge in [0.2, 0.25) is 11.8 Å². The molecule has 0 aliphatic carbocycles. The number of hydrogen-bond donors (Lipinski definition) is 3. The third kappa shape index (κ3) is 2.39. The second-order valence-electron chi connectivity index (χ2n) is 4.67. The van der Waals surface area contributed by atoms with Gasteiger partial charge in [-0.2, -0.15) is 5.06 Å². The lowest BCUT2D eigenvalue weighted by Crippen LogP contribution is -2.50. The van der Waals surface area contributed by atoms with Crippen LogP contribution in [-0.2, 0) is 9.59 Å². The van der Waals surface area contributed by atoms with Gasteiger partial charge in [0, 0.05) is 13.0 Å². The lowest BCUT2D eigenvalue weighted by Gasteiger charge is -2.29. The standard InChI is InChI=1S/C11H16N4O4/c1-6-4-7-5-14(11(18)15(7)19)9(6)10(17)13-3-2-8(12)16/h4,7,9,19H,2-3,5H2,1H3,(H2,12,16)(H,13,17)/t7-,9+/m1/s1. The van der Waals surface area contributed by atoms with E-state index in [1.807, 2.05) is 0 Å². The van der Waals surface area contributed by atoms with Crippen molar-refractivity contribution in [1.82, 2.24) is 15.3 Å². The number of hydrogen-bond acceptors (Lipinski definition) is 4. The molecule has 8 heteroatoms. The number of amides is 4. The average molecular weight is 268 g/mol. The molecule has 0 spiro atoms. The number of nitrogens with two attached hydrogens (primary N) is 1. The Labute approximate surface area is 109 Å². The van der Waals surface area contributed by atoms with Crippen molar-refractivity contribution in [2.75, 3.05) is 13.1 Å². The third-order valence-corrected chi connectivity index (χ3v) is 3.26. The van der Waals surface area contributed by atoms with Crippen molar-refractivity contribution in [2.45, 2.75) is 25.4 Å². The summed E-state index contributed by atoms with van der Waals surface area (Å²) in [6.07, 6.45) is 1.74. The molecule has 2 aliphatic heterocycles. The van der Waals surface area contributed by atoms with E-state index in [1.54, 1.807) is 13.0 Å². The van der Waals surface area contributed by atoms with Crippen molar-refractivity contribution in [3.63, 3.8) is 0 Å². The molecule has 2 heterocycles. The highest BCUT2D eigenvalue weighted by molar-refractivity contribution is 5.91. The minimum Gasteiger partial charge on any atom is -0.370 e. The van der Waals surface area contributed by atoms with E-state index in [-0.39, 0.29) is 25.4 Å². The number of nitrogens with zero attached hydrogens (tertiary/aromatic N) is 2. The maximum atomic E-state index is 12.0. The highest BCUT2D eigenvalue weighted by Crippen LogP contribution is 2.27. The first-order chi connectivity index (χ1) is 8.91. The van der Waals surface area contributed by atoms with E-state index in [0.29, 0.717) is 10.6 Å². The number of carbonyl (C=O) groups is 3. The van der Waals surface area contributed by atoms with Gasteiger partial charge in [0.1, 0.15) is 6.04 Å². The van der Waals surface area contributed by atoms with E-state index in [2.05, 4.69) is 5.32 Å². The van der Waals surface area contributed by atoms with Crippen LogP contribution in [0.25, 0.3) is 0 Å². The number of fused-ring (bicyclic) bond motifs is 2. The molecule has 2 bridgehead atoms. The lowest BCUT2D eigenvalue weighted by atomic mass is 10.00. The number of hydroxylamine groups is 2. The molecule has 0 saturated carbocycles. The molecule has 4 N–H and O–H groups in total. The summed E-state index contributed by atoms with van der Waals surface area (Å²) in [6.45, 7) is 2.14. The summed E-state index contributed by atoms with van der Waals surface area (Å²) < 4.78 is 0. The Balaban J connectivity index is 2.05. The molecule has 1 saturated heterocycles. The Hall–Kier alpha value is -2.09. The van der Waals surface area contributed by atoms with Crippen molar-refractivity contribution < 1.29 is 19.6 Å². The van der Waals surface area contributed by atoms with Gasteiger partial charge >= 0.3 is 6.03 Å². The smallest absolute Gasteiger partial charge is 0.345 e. The van der Waals surface area contributed by atoms with Gasteiger partial charge in [0.15, 0.2) is 0 Å². The van der Waals surface area contributed by atoms with Gasteiger partial charge in [-0.05, 0) is 12.5 Å². The molecule has 19 heavy (non-hydrogen) atoms. The van der Waals surface area contributed by atoms with Gasteiger partial charge in [-0.1, -0.05) is 6.08 Å². The van der Waals surface area contributed by atoms with Crippen molar-refractivity contribution >= 4 is 17.8 Å². The molecular weight excluding hydrogens is 252 g/mol. The molecule has 4 amide bonds. The predicted octanol–water partition coefficient (Wildman–Crippen LogP) is -1.20. The average Bonchev–Trinajstić information content (AvgIpc) is 2.54. The summed E-state index contributed by atoms with van der Waals surface area (Å²) in [5.74, 6) is -0.882. The normalized spacial score (nSPS) is 25.4. The maximum absolute atomic E-state index is 12.0. The summed E-state index contributed by atoms with van der Waals surface area (Å²) in [5, 5.41) is 12.7. The first-order valence-electron chi connectivity index (χ1n) is 5.95. The summed E-state index contributed by atoms with van der Waals surface area (Å²) in [7, 11) is 0. The van der Waals surface area contributed by atoms with Gasteiger partial charge in [-0.15, -0.1) is 0 Å². The van der Waals surface area contributed by atoms with Crippen molar-refractivity contribution in [2.24, 2.45) is 5.73 Å². The Morgan fingerprint density at radius 2 is 2.26 bits per heavy atom. The highest BCUT2D eigenvalue weighted by Gasteiger charge is 2.46. The molecule has 2 rings (SSSR count). The molecule has 0 aromatic rings. The fraction of sp³-hybridized carbons (Fsp3) is 0.545. The van der Waals surface area contributed by atoms with Gasteiger partial charge in [-0.25, -0.2) is 4.79 Å². The van der Waals surface area contributed by atoms with Gasteiger partial charge in [0.25, 0.3) is 0 Å². The van der Waals surface area contributed by atoms with E-state index in [0.717, 1.165) is 0 Å². The van der Waals surface area contributed by atoms with Gasteiger partial charge < -0.3 is 16.0 Å². The van der Waals surface area contributed by atoms with Crippen LogP contribution in [0.1, 0.15) is 13.3 Å². The number of urea groups is 1. The number of rotatable bonds is 4. The molecule has 8 nitrogen and oxygen atoms in total. The molecule has 2 atom stereocenters. The molecule has 104 valence electrons. The lowest BCUT2D eigenvalue weighted by molar-refractivity contribution is -0.124. The van der Waals surface area contributed by atoms with Crippen LogP contribution in [0.15, 0.2) is 11.6 Å². The van der Waals surface area contributed by atoms with Gasteiger partial charge in [-0.3, -0.25) is 14.8 Å². The Bertz CT molecular complexity index is 462. The maximum Gasteiger partial charge on any atom is 0.345 e. The summed E-state index contributed by atoms with van der Waals surface area (Å²) in [6, 6.07) is -1.73. The quantitative estimate of drug-likeness (QED) is 0.438. The summed E-state index contributed by atoms with van der Waals surface area (Å²) >= 11 is 0. The highest BCUT2D eigenvalue weighted by atomic mass is 16.5. The zero-order chi connectivity index (χ0) is 14.2. The largest absolute Gasteiger partial charge is 0.370 e. The zero-order valence-electron chi connectivity index (χ0n) is 10.5. The minimum absolute atomic E-state index is 0.0456. The summed E-state index contributed by atoms with van der Waals surface area (Å²) in [5.41, 5.74) is 5.67. The van der Waals surface area contributed by atoms with Crippen molar-refractivity contribution in [3.05, 3.63) is 11.6 Å². The zero-order valence-corrected chi connectivity index (χ0v) is 10.5. The van der Waals surface area contributed by atoms with Crippen LogP contribution >= 0.6 is 0 Å². The molecule has 0 aromatic carbocycles. The van der Waals surface area contributed by atoms with Crippen LogP contribution in [0.5, 0.6) is 0 Å². The Morgan fingerprint density at radius 3 is 2.89 bits per heavy atom. The molecule has 0 radical (unpaired) electrons. The van der Waals surface area contributed by atoms with Crippen molar-refractivity contribution in [3.8, 4) is 0 Å². The van der Waals surface area contributed by atoms with E-state index >= 15 is 0 Å². The molecular formula is C11H16N4O4. The van der Waals surface area contributed by atoms with Gasteiger partial charge in [0.05, 0.1) is 12.6 Å². The molecule has 0 aromatic heterocycles. The number of primary amides is 1. The third-order valence-electron chi connectivity index (χ3n) is 3.26. The van der Waals surface area contributed by atoms with Crippen LogP contribution in [-0.4, -0.2) is 58.2 Å². The summed E-state index contributed by atoms with van der Waals surface area (Å²) in [4.78, 5) is 35.7. The number of carbonyl (C=O) groups excluding carboxylic acids is 3. The SMILES string of the molecule is CC1=C[C@@H]2CN(C(=O)N2O)[C@@H]1C(=O)NCCC(N)=O. The molecule has 1 fully saturated rings. The first-order valence-corrected chi connectivity index (χ1v) is 5.95. The molecule has 0 unspecified atom stereocenters. The van der Waals surface area contributed by atoms with Crippen molar-refractivity contribution in [1.29, 1.82) is 0 Å². The second-order valence-corrected chi connectivity index (χ2v) is 4.67. The van der Waals surface area contributed by atoms with Crippen LogP contribution in [0.3, 0.4) is 0 Å². The second kappa shape index (κ2) is 4.88.